The Morgan fingerprint density at radius 2 is 1.66 bits per heavy atom. The second kappa shape index (κ2) is 23.8. The summed E-state index contributed by atoms with van der Waals surface area (Å²) in [5.41, 5.74) is 13.7. The number of terminal acetylenes is 1. The maximum atomic E-state index is 5.99. The van der Waals surface area contributed by atoms with Crippen molar-refractivity contribution in [3.8, 4) is 12.8 Å². The monoisotopic (exact) mass is 562 g/mol. The van der Waals surface area contributed by atoms with Gasteiger partial charge < -0.3 is 20.9 Å². The van der Waals surface area contributed by atoms with Gasteiger partial charge in [-0.3, -0.25) is 0 Å². The molecule has 0 saturated carbocycles. The Morgan fingerprint density at radius 3 is 2.17 bits per heavy atom. The van der Waals surface area contributed by atoms with Crippen LogP contribution in [-0.4, -0.2) is 43.0 Å². The molecule has 0 radical (unpaired) electrons. The van der Waals surface area contributed by atoms with Gasteiger partial charge in [-0.1, -0.05) is 76.8 Å². The molecule has 41 heavy (non-hydrogen) atoms. The summed E-state index contributed by atoms with van der Waals surface area (Å²) in [6.07, 6.45) is 26.3. The number of nitrogens with one attached hydrogen (secondary N) is 1. The third-order valence-electron chi connectivity index (χ3n) is 7.51. The quantitative estimate of drug-likeness (QED) is 0.257. The summed E-state index contributed by atoms with van der Waals surface area (Å²) in [6, 6.07) is 6.45. The first-order chi connectivity index (χ1) is 19.7. The van der Waals surface area contributed by atoms with Crippen molar-refractivity contribution in [3.63, 3.8) is 0 Å². The third-order valence-corrected chi connectivity index (χ3v) is 7.51. The number of hydrogen-bond donors (Lipinski definition) is 2. The summed E-state index contributed by atoms with van der Waals surface area (Å²) >= 11 is 0. The van der Waals surface area contributed by atoms with Crippen LogP contribution in [0.5, 0.6) is 0 Å². The molecule has 4 rings (SSSR count). The Kier molecular flexibility index (Phi) is 22.1. The highest BCUT2D eigenvalue weighted by molar-refractivity contribution is 5.68. The van der Waals surface area contributed by atoms with E-state index in [2.05, 4.69) is 107 Å². The molecule has 2 heterocycles. The predicted octanol–water partition coefficient (Wildman–Crippen LogP) is 9.38. The van der Waals surface area contributed by atoms with Gasteiger partial charge >= 0.3 is 0 Å². The van der Waals surface area contributed by atoms with E-state index in [9.17, 15) is 0 Å². The van der Waals surface area contributed by atoms with E-state index in [0.29, 0.717) is 0 Å². The number of benzene rings is 1. The first-order valence-corrected chi connectivity index (χ1v) is 15.8. The average Bonchev–Trinajstić information content (AvgIpc) is 3.55. The van der Waals surface area contributed by atoms with Crippen LogP contribution in [0.25, 0.3) is 6.08 Å². The van der Waals surface area contributed by atoms with E-state index in [1.54, 1.807) is 0 Å². The van der Waals surface area contributed by atoms with Gasteiger partial charge in [-0.15, -0.1) is 19.4 Å². The molecule has 0 atom stereocenters. The van der Waals surface area contributed by atoms with Crippen molar-refractivity contribution in [2.75, 3.05) is 38.5 Å². The Bertz CT molecular complexity index is 945. The molecule has 2 fully saturated rings. The van der Waals surface area contributed by atoms with E-state index in [-0.39, 0.29) is 0 Å². The highest BCUT2D eigenvalue weighted by atomic mass is 15.1. The van der Waals surface area contributed by atoms with Gasteiger partial charge in [0.2, 0.25) is 0 Å². The second-order valence-corrected chi connectivity index (χ2v) is 11.2. The zero-order valence-corrected chi connectivity index (χ0v) is 27.5. The van der Waals surface area contributed by atoms with E-state index in [4.69, 9.17) is 5.73 Å². The summed E-state index contributed by atoms with van der Waals surface area (Å²) in [5, 5.41) is 3.27. The minimum Gasteiger partial charge on any atom is -0.385 e. The van der Waals surface area contributed by atoms with Gasteiger partial charge in [0.25, 0.3) is 0 Å². The fourth-order valence-electron chi connectivity index (χ4n) is 4.77. The summed E-state index contributed by atoms with van der Waals surface area (Å²) in [5.74, 6) is 0.770. The van der Waals surface area contributed by atoms with Crippen molar-refractivity contribution in [3.05, 3.63) is 71.2 Å². The predicted molar refractivity (Wildman–Crippen MR) is 186 cm³/mol. The SMILES string of the molecule is C#C.C=CCN1CCCCCC1=C.CC/C(C)=C(/N)Nc1ccc2c(c1)C=C(C)C2.CCCCC.CN1CCCC1. The zero-order chi connectivity index (χ0) is 31.0. The molecule has 0 unspecified atom stereocenters. The Labute approximate surface area is 254 Å². The lowest BCUT2D eigenvalue weighted by Gasteiger charge is -2.22. The second-order valence-electron chi connectivity index (χ2n) is 11.2. The number of nitrogens with two attached hydrogens (primary N) is 1. The molecule has 0 aromatic heterocycles. The molecule has 4 nitrogen and oxygen atoms in total. The lowest BCUT2D eigenvalue weighted by molar-refractivity contribution is 0.382. The molecule has 3 N–H and O–H groups in total. The summed E-state index contributed by atoms with van der Waals surface area (Å²) in [6.45, 7) is 23.3. The lowest BCUT2D eigenvalue weighted by atomic mass is 10.1. The van der Waals surface area contributed by atoms with Crippen molar-refractivity contribution in [1.29, 1.82) is 0 Å². The Balaban J connectivity index is 0.000000570. The molecule has 0 spiro atoms. The maximum Gasteiger partial charge on any atom is 0.0993 e. The third kappa shape index (κ3) is 16.8. The highest BCUT2D eigenvalue weighted by Gasteiger charge is 2.10. The van der Waals surface area contributed by atoms with Crippen molar-refractivity contribution >= 4 is 11.8 Å². The number of nitrogens with zero attached hydrogens (tertiary/aromatic N) is 2. The summed E-state index contributed by atoms with van der Waals surface area (Å²) in [7, 11) is 2.17. The van der Waals surface area contributed by atoms with Crippen LogP contribution in [0.4, 0.5) is 5.69 Å². The van der Waals surface area contributed by atoms with Gasteiger partial charge in [0, 0.05) is 24.5 Å². The normalized spacial score (nSPS) is 16.3. The summed E-state index contributed by atoms with van der Waals surface area (Å²) < 4.78 is 0. The van der Waals surface area contributed by atoms with Crippen LogP contribution in [0.3, 0.4) is 0 Å². The van der Waals surface area contributed by atoms with Crippen LogP contribution in [-0.2, 0) is 6.42 Å². The van der Waals surface area contributed by atoms with Crippen LogP contribution in [0.15, 0.2) is 60.1 Å². The minimum atomic E-state index is 0.770. The summed E-state index contributed by atoms with van der Waals surface area (Å²) in [4.78, 5) is 4.69. The average molecular weight is 563 g/mol. The smallest absolute Gasteiger partial charge is 0.0993 e. The van der Waals surface area contributed by atoms with Crippen LogP contribution in [0.1, 0.15) is 110 Å². The van der Waals surface area contributed by atoms with E-state index in [1.807, 2.05) is 6.08 Å². The van der Waals surface area contributed by atoms with E-state index in [0.717, 1.165) is 30.9 Å². The van der Waals surface area contributed by atoms with Crippen LogP contribution in [0, 0.1) is 12.8 Å². The van der Waals surface area contributed by atoms with Crippen molar-refractivity contribution < 1.29 is 0 Å². The van der Waals surface area contributed by atoms with Gasteiger partial charge in [-0.25, -0.2) is 0 Å². The van der Waals surface area contributed by atoms with Gasteiger partial charge in [0.1, 0.15) is 0 Å². The number of unbranched alkanes of at least 4 members (excludes halogenated alkanes) is 2. The standard InChI is InChI=1S/C15H20N2.C10H17N.C5H11N.C5H12.C2H2/c1-4-11(3)15(16)17-14-6-5-12-7-10(2)8-13(12)9-14;1-3-8-11-9-6-4-5-7-10(11)2;1-6-4-2-3-5-6;1-3-5-4-2;1-2/h5-6,8-9,17H,4,7,16H2,1-3H3;3H,1-2,4-9H2;2-5H2,1H3;3-5H2,1-2H3;1-2H/b15-11-;;;;. The molecule has 230 valence electrons. The minimum absolute atomic E-state index is 0.770. The van der Waals surface area contributed by atoms with Gasteiger partial charge in [-0.05, 0) is 108 Å². The van der Waals surface area contributed by atoms with Crippen molar-refractivity contribution in [1.82, 2.24) is 9.80 Å². The van der Waals surface area contributed by atoms with Gasteiger partial charge in [-0.2, -0.15) is 0 Å². The topological polar surface area (TPSA) is 44.5 Å². The van der Waals surface area contributed by atoms with Crippen molar-refractivity contribution in [2.24, 2.45) is 5.73 Å². The molecule has 0 bridgehead atoms. The van der Waals surface area contributed by atoms with Crippen LogP contribution >= 0.6 is 0 Å². The fraction of sp³-hybridized carbons (Fsp3) is 0.568. The Hall–Kier alpha value is -2.90. The van der Waals surface area contributed by atoms with Gasteiger partial charge in [0.05, 0.1) is 5.82 Å². The highest BCUT2D eigenvalue weighted by Crippen LogP contribution is 2.27. The van der Waals surface area contributed by atoms with Crippen LogP contribution in [0.2, 0.25) is 0 Å². The Morgan fingerprint density at radius 1 is 1.02 bits per heavy atom. The molecule has 3 aliphatic rings. The largest absolute Gasteiger partial charge is 0.385 e. The van der Waals surface area contributed by atoms with E-state index >= 15 is 0 Å². The molecule has 2 saturated heterocycles. The molecule has 0 amide bonds. The first-order valence-electron chi connectivity index (χ1n) is 15.8. The fourth-order valence-corrected chi connectivity index (χ4v) is 4.77. The molecule has 4 heteroatoms. The molecular weight excluding hydrogens is 500 g/mol. The molecule has 1 aliphatic carbocycles. The molecule has 2 aliphatic heterocycles. The number of allylic oxidation sites excluding steroid dienone is 3. The zero-order valence-electron chi connectivity index (χ0n) is 27.5. The van der Waals surface area contributed by atoms with E-state index < -0.39 is 0 Å². The number of likely N-dealkylation sites (tertiary alicyclic amines) is 2. The van der Waals surface area contributed by atoms with Gasteiger partial charge in [0.15, 0.2) is 0 Å². The number of fused-ring (bicyclic) bond motifs is 1. The number of rotatable bonds is 7. The maximum absolute atomic E-state index is 5.99. The van der Waals surface area contributed by atoms with Crippen molar-refractivity contribution in [2.45, 2.75) is 105 Å². The van der Waals surface area contributed by atoms with E-state index in [1.165, 1.54) is 105 Å². The number of anilines is 1. The first kappa shape index (κ1) is 38.1. The molecule has 1 aromatic carbocycles. The molecular formula is C37H62N4. The number of hydrogen-bond acceptors (Lipinski definition) is 4. The van der Waals surface area contributed by atoms with Crippen LogP contribution < -0.4 is 11.1 Å². The molecule has 1 aromatic rings. The lowest BCUT2D eigenvalue weighted by Crippen LogP contribution is -2.21.